The molecule has 1 saturated heterocycles. The second kappa shape index (κ2) is 12.3. The summed E-state index contributed by atoms with van der Waals surface area (Å²) in [7, 11) is 1.56. The maximum atomic E-state index is 12.1. The highest BCUT2D eigenvalue weighted by Crippen LogP contribution is 2.16. The summed E-state index contributed by atoms with van der Waals surface area (Å²) in [5, 5.41) is 13.9. The van der Waals surface area contributed by atoms with Crippen LogP contribution in [0, 0.1) is 0 Å². The van der Waals surface area contributed by atoms with E-state index in [1.54, 1.807) is 31.4 Å². The molecular weight excluding hydrogens is 400 g/mol. The number of rotatable bonds is 8. The smallest absolute Gasteiger partial charge is 0.325 e. The number of nitrogens with zero attached hydrogens (tertiary/aromatic N) is 2. The standard InChI is InChI=1S/C19H28N4O5.ClH/c1-3-23(13-18(25)26)15-8-10-22(11-9-15)12-17(24)21-19(27)20-14-4-6-16(28-2)7-5-14;/h4-7,15H,3,8-13H2,1-2H3,(H,25,26)(H2,20,21,24,27);1H. The van der Waals surface area contributed by atoms with Crippen molar-refractivity contribution in [3.63, 3.8) is 0 Å². The molecule has 0 spiro atoms. The van der Waals surface area contributed by atoms with Crippen molar-refractivity contribution in [2.75, 3.05) is 45.2 Å². The number of likely N-dealkylation sites (tertiary alicyclic amines) is 1. The highest BCUT2D eigenvalue weighted by Gasteiger charge is 2.26. The maximum absolute atomic E-state index is 12.1. The first kappa shape index (κ1) is 24.7. The van der Waals surface area contributed by atoms with Crippen LogP contribution in [-0.2, 0) is 9.59 Å². The van der Waals surface area contributed by atoms with Gasteiger partial charge in [0.2, 0.25) is 5.91 Å². The number of likely N-dealkylation sites (N-methyl/N-ethyl adjacent to an activating group) is 1. The molecule has 0 bridgehead atoms. The van der Waals surface area contributed by atoms with Crippen molar-refractivity contribution in [3.05, 3.63) is 24.3 Å². The number of carbonyl (C=O) groups is 3. The molecule has 2 rings (SSSR count). The molecule has 1 aliphatic heterocycles. The third-order valence-electron chi connectivity index (χ3n) is 4.79. The first-order valence-electron chi connectivity index (χ1n) is 9.34. The van der Waals surface area contributed by atoms with Crippen molar-refractivity contribution in [2.45, 2.75) is 25.8 Å². The van der Waals surface area contributed by atoms with Gasteiger partial charge in [-0.25, -0.2) is 4.79 Å². The van der Waals surface area contributed by atoms with E-state index in [-0.39, 0.29) is 37.4 Å². The van der Waals surface area contributed by atoms with Crippen LogP contribution in [0.15, 0.2) is 24.3 Å². The molecule has 1 fully saturated rings. The summed E-state index contributed by atoms with van der Waals surface area (Å²) in [6.45, 7) is 4.18. The number of carboxylic acids is 1. The summed E-state index contributed by atoms with van der Waals surface area (Å²) in [5.41, 5.74) is 0.560. The number of urea groups is 1. The molecule has 1 aromatic carbocycles. The van der Waals surface area contributed by atoms with Crippen LogP contribution in [0.4, 0.5) is 10.5 Å². The molecule has 0 aliphatic carbocycles. The summed E-state index contributed by atoms with van der Waals surface area (Å²) >= 11 is 0. The van der Waals surface area contributed by atoms with Gasteiger partial charge in [-0.05, 0) is 43.7 Å². The van der Waals surface area contributed by atoms with Gasteiger partial charge >= 0.3 is 12.0 Å². The number of benzene rings is 1. The summed E-state index contributed by atoms with van der Waals surface area (Å²) in [4.78, 5) is 38.9. The summed E-state index contributed by atoms with van der Waals surface area (Å²) in [5.74, 6) is -0.524. The van der Waals surface area contributed by atoms with E-state index in [2.05, 4.69) is 10.6 Å². The quantitative estimate of drug-likeness (QED) is 0.577. The normalized spacial score (nSPS) is 14.7. The van der Waals surface area contributed by atoms with Crippen molar-refractivity contribution in [1.82, 2.24) is 15.1 Å². The highest BCUT2D eigenvalue weighted by molar-refractivity contribution is 6.01. The number of methoxy groups -OCH3 is 1. The molecule has 1 aromatic rings. The first-order chi connectivity index (χ1) is 13.4. The fraction of sp³-hybridized carbons (Fsp3) is 0.526. The number of imide groups is 1. The van der Waals surface area contributed by atoms with Crippen LogP contribution >= 0.6 is 12.4 Å². The van der Waals surface area contributed by atoms with Gasteiger partial charge in [-0.1, -0.05) is 6.92 Å². The van der Waals surface area contributed by atoms with Gasteiger partial charge in [0.25, 0.3) is 0 Å². The largest absolute Gasteiger partial charge is 0.497 e. The van der Waals surface area contributed by atoms with Crippen molar-refractivity contribution < 1.29 is 24.2 Å². The van der Waals surface area contributed by atoms with E-state index in [1.165, 1.54) is 0 Å². The molecule has 162 valence electrons. The van der Waals surface area contributed by atoms with E-state index >= 15 is 0 Å². The molecule has 1 heterocycles. The number of aliphatic carboxylic acids is 1. The molecule has 0 aromatic heterocycles. The number of carbonyl (C=O) groups excluding carboxylic acids is 2. The second-order valence-corrected chi connectivity index (χ2v) is 6.69. The monoisotopic (exact) mass is 428 g/mol. The zero-order valence-corrected chi connectivity index (χ0v) is 17.5. The van der Waals surface area contributed by atoms with E-state index in [0.29, 0.717) is 31.1 Å². The fourth-order valence-electron chi connectivity index (χ4n) is 3.32. The van der Waals surface area contributed by atoms with Crippen molar-refractivity contribution in [1.29, 1.82) is 0 Å². The van der Waals surface area contributed by atoms with Gasteiger partial charge in [-0.3, -0.25) is 24.7 Å². The van der Waals surface area contributed by atoms with Gasteiger partial charge in [0, 0.05) is 24.8 Å². The molecule has 0 radical (unpaired) electrons. The molecule has 0 atom stereocenters. The Morgan fingerprint density at radius 3 is 2.34 bits per heavy atom. The number of halogens is 1. The Bertz CT molecular complexity index is 678. The molecule has 3 N–H and O–H groups in total. The highest BCUT2D eigenvalue weighted by atomic mass is 35.5. The maximum Gasteiger partial charge on any atom is 0.325 e. The number of nitrogens with one attached hydrogen (secondary N) is 2. The Morgan fingerprint density at radius 2 is 1.83 bits per heavy atom. The molecule has 29 heavy (non-hydrogen) atoms. The second-order valence-electron chi connectivity index (χ2n) is 6.69. The number of anilines is 1. The van der Waals surface area contributed by atoms with Crippen LogP contribution in [0.5, 0.6) is 5.75 Å². The van der Waals surface area contributed by atoms with Gasteiger partial charge in [-0.15, -0.1) is 12.4 Å². The molecule has 0 unspecified atom stereocenters. The Balaban J connectivity index is 0.00000420. The van der Waals surface area contributed by atoms with Gasteiger partial charge in [0.1, 0.15) is 5.75 Å². The molecule has 10 heteroatoms. The lowest BCUT2D eigenvalue weighted by Gasteiger charge is -2.37. The van der Waals surface area contributed by atoms with Crippen LogP contribution in [0.2, 0.25) is 0 Å². The van der Waals surface area contributed by atoms with E-state index in [9.17, 15) is 14.4 Å². The fourth-order valence-corrected chi connectivity index (χ4v) is 3.32. The van der Waals surface area contributed by atoms with Crippen LogP contribution < -0.4 is 15.4 Å². The Hall–Kier alpha value is -2.36. The lowest BCUT2D eigenvalue weighted by atomic mass is 10.0. The van der Waals surface area contributed by atoms with Crippen molar-refractivity contribution in [3.8, 4) is 5.75 Å². The predicted octanol–water partition coefficient (Wildman–Crippen LogP) is 1.64. The van der Waals surface area contributed by atoms with Crippen LogP contribution in [0.25, 0.3) is 0 Å². The zero-order chi connectivity index (χ0) is 20.5. The topological polar surface area (TPSA) is 111 Å². The first-order valence-corrected chi connectivity index (χ1v) is 9.34. The number of hydrogen-bond acceptors (Lipinski definition) is 6. The van der Waals surface area contributed by atoms with E-state index < -0.39 is 12.0 Å². The van der Waals surface area contributed by atoms with Crippen LogP contribution in [-0.4, -0.2) is 78.7 Å². The van der Waals surface area contributed by atoms with Gasteiger partial charge in [-0.2, -0.15) is 0 Å². The van der Waals surface area contributed by atoms with Crippen LogP contribution in [0.3, 0.4) is 0 Å². The van der Waals surface area contributed by atoms with Crippen molar-refractivity contribution >= 4 is 36.0 Å². The average molecular weight is 429 g/mol. The minimum absolute atomic E-state index is 0. The SMILES string of the molecule is CCN(CC(=O)O)C1CCN(CC(=O)NC(=O)Nc2ccc(OC)cc2)CC1.Cl. The van der Waals surface area contributed by atoms with Crippen molar-refractivity contribution in [2.24, 2.45) is 0 Å². The summed E-state index contributed by atoms with van der Waals surface area (Å²) in [6, 6.07) is 6.42. The van der Waals surface area contributed by atoms with E-state index in [1.807, 2.05) is 16.7 Å². The number of amides is 3. The number of piperidine rings is 1. The van der Waals surface area contributed by atoms with Gasteiger partial charge in [0.05, 0.1) is 20.2 Å². The third kappa shape index (κ3) is 8.26. The summed E-state index contributed by atoms with van der Waals surface area (Å²) < 4.78 is 5.05. The zero-order valence-electron chi connectivity index (χ0n) is 16.7. The van der Waals surface area contributed by atoms with Gasteiger partial charge < -0.3 is 15.2 Å². The molecule has 9 nitrogen and oxygen atoms in total. The lowest BCUT2D eigenvalue weighted by Crippen LogP contribution is -2.49. The van der Waals surface area contributed by atoms with Crippen LogP contribution in [0.1, 0.15) is 19.8 Å². The number of hydrogen-bond donors (Lipinski definition) is 3. The summed E-state index contributed by atoms with van der Waals surface area (Å²) in [6.07, 6.45) is 1.60. The predicted molar refractivity (Wildman–Crippen MR) is 112 cm³/mol. The Labute approximate surface area is 176 Å². The molecule has 0 saturated carbocycles. The Kier molecular flexibility index (Phi) is 10.4. The molecule has 1 aliphatic rings. The lowest BCUT2D eigenvalue weighted by molar-refractivity contribution is -0.139. The van der Waals surface area contributed by atoms with Gasteiger partial charge in [0.15, 0.2) is 0 Å². The number of ether oxygens (including phenoxy) is 1. The van der Waals surface area contributed by atoms with E-state index in [4.69, 9.17) is 9.84 Å². The Morgan fingerprint density at radius 1 is 1.21 bits per heavy atom. The average Bonchev–Trinajstić information content (AvgIpc) is 2.67. The minimum atomic E-state index is -0.827. The van der Waals surface area contributed by atoms with E-state index in [0.717, 1.165) is 12.8 Å². The molecule has 3 amide bonds. The number of carboxylic acid groups (broad SMARTS) is 1. The minimum Gasteiger partial charge on any atom is -0.497 e. The third-order valence-corrected chi connectivity index (χ3v) is 4.79. The molecular formula is C19H29ClN4O5.